The Hall–Kier alpha value is -2.16. The van der Waals surface area contributed by atoms with Gasteiger partial charge in [0.05, 0.1) is 0 Å². The average molecular weight is 470 g/mol. The fourth-order valence-corrected chi connectivity index (χ4v) is 1.59. The van der Waals surface area contributed by atoms with Crippen LogP contribution in [0.5, 0.6) is 0 Å². The monoisotopic (exact) mass is 470 g/mol. The van der Waals surface area contributed by atoms with Crippen LogP contribution in [0.4, 0.5) is 4.79 Å². The van der Waals surface area contributed by atoms with Gasteiger partial charge in [0.25, 0.3) is 0 Å². The molecule has 0 aliphatic rings. The van der Waals surface area contributed by atoms with Gasteiger partial charge in [-0.1, -0.05) is 30.3 Å². The molecule has 0 spiro atoms. The van der Waals surface area contributed by atoms with Crippen LogP contribution in [-0.4, -0.2) is 27.3 Å². The van der Waals surface area contributed by atoms with Crippen LogP contribution in [0.3, 0.4) is 0 Å². The fourth-order valence-electron chi connectivity index (χ4n) is 1.59. The van der Waals surface area contributed by atoms with Gasteiger partial charge in [-0.2, -0.15) is 0 Å². The Kier molecular flexibility index (Phi) is 6.60. The maximum Gasteiger partial charge on any atom is 1.00 e. The Morgan fingerprint density at radius 2 is 2.05 bits per heavy atom. The van der Waals surface area contributed by atoms with Crippen molar-refractivity contribution < 1.29 is 32.0 Å². The van der Waals surface area contributed by atoms with Gasteiger partial charge in [-0.3, -0.25) is 9.89 Å². The molecule has 1 aromatic heterocycles. The summed E-state index contributed by atoms with van der Waals surface area (Å²) in [7, 11) is 0. The van der Waals surface area contributed by atoms with E-state index in [-0.39, 0.29) is 28.9 Å². The van der Waals surface area contributed by atoms with Crippen LogP contribution in [0.25, 0.3) is 0 Å². The molecule has 5 N–H and O–H groups in total. The molecule has 0 saturated carbocycles. The summed E-state index contributed by atoms with van der Waals surface area (Å²) in [5.74, 6) is -0.638. The predicted molar refractivity (Wildman–Crippen MR) is 69.0 cm³/mol. The number of hydrogen-bond donors (Lipinski definition) is 4. The number of nitrogens with two attached hydrogens (primary N) is 1. The minimum atomic E-state index is -0.889. The van der Waals surface area contributed by atoms with Crippen molar-refractivity contribution in [3.8, 4) is 0 Å². The summed E-state index contributed by atoms with van der Waals surface area (Å²) in [6.45, 7) is 0.166. The summed E-state index contributed by atoms with van der Waals surface area (Å²) >= 11 is 0. The maximum absolute atomic E-state index is 11.7. The van der Waals surface area contributed by atoms with Crippen LogP contribution in [-0.2, 0) is 33.7 Å². The van der Waals surface area contributed by atoms with E-state index in [9.17, 15) is 9.59 Å². The number of carbonyl (C=O) groups excluding carboxylic acids is 2. The minimum absolute atomic E-state index is 0. The molecule has 9 heteroatoms. The third kappa shape index (κ3) is 5.03. The number of aromatic amines is 1. The predicted octanol–water partition coefficient (Wildman–Crippen LogP) is -0.372. The smallest absolute Gasteiger partial charge is 0.368 e. The third-order valence-electron chi connectivity index (χ3n) is 2.54. The molecule has 0 radical (unpaired) electrons. The van der Waals surface area contributed by atoms with Crippen molar-refractivity contribution in [2.24, 2.45) is 5.73 Å². The van der Waals surface area contributed by atoms with E-state index in [1.165, 1.54) is 0 Å². The van der Waals surface area contributed by atoms with Crippen LogP contribution >= 0.6 is 0 Å². The number of amides is 3. The average Bonchev–Trinajstić information content (AvgIpc) is 2.96. The number of urea groups is 1. The number of primary amides is 1. The van der Waals surface area contributed by atoms with Gasteiger partial charge >= 0.3 is 28.4 Å². The molecule has 1 aromatic carbocycles. The summed E-state index contributed by atoms with van der Waals surface area (Å²) in [4.78, 5) is 23.1. The number of H-pyrrole nitrogens is 1. The van der Waals surface area contributed by atoms with Crippen molar-refractivity contribution in [3.05, 3.63) is 47.8 Å². The first-order valence-electron chi connectivity index (χ1n) is 5.83. The molecule has 0 fully saturated rings. The SMILES string of the molecule is NC(=O)[C@H](NC(=O)NCc1[c-]nn[nH]1)c1ccccc1.[Au+]. The van der Waals surface area contributed by atoms with Crippen molar-refractivity contribution in [3.63, 3.8) is 0 Å². The van der Waals surface area contributed by atoms with E-state index in [0.717, 1.165) is 0 Å². The van der Waals surface area contributed by atoms with Crippen LogP contribution in [0.1, 0.15) is 17.3 Å². The van der Waals surface area contributed by atoms with Crippen LogP contribution < -0.4 is 16.4 Å². The Morgan fingerprint density at radius 3 is 2.62 bits per heavy atom. The fraction of sp³-hybridized carbons (Fsp3) is 0.167. The van der Waals surface area contributed by atoms with Crippen molar-refractivity contribution in [1.29, 1.82) is 0 Å². The second kappa shape index (κ2) is 8.20. The van der Waals surface area contributed by atoms with Crippen LogP contribution in [0.15, 0.2) is 30.3 Å². The van der Waals surface area contributed by atoms with Gasteiger partial charge < -0.3 is 27.7 Å². The Balaban J connectivity index is 0.00000220. The molecule has 2 aromatic rings. The largest absolute Gasteiger partial charge is 1.00 e. The first-order chi connectivity index (χ1) is 9.66. The summed E-state index contributed by atoms with van der Waals surface area (Å²) in [5, 5.41) is 14.5. The van der Waals surface area contributed by atoms with Gasteiger partial charge in [0.1, 0.15) is 6.04 Å². The zero-order valence-corrected chi connectivity index (χ0v) is 12.9. The number of benzene rings is 1. The van der Waals surface area contributed by atoms with Gasteiger partial charge in [0.15, 0.2) is 0 Å². The molecular weight excluding hydrogens is 457 g/mol. The second-order valence-electron chi connectivity index (χ2n) is 3.98. The zero-order valence-electron chi connectivity index (χ0n) is 10.8. The molecule has 114 valence electrons. The van der Waals surface area contributed by atoms with Crippen molar-refractivity contribution in [2.75, 3.05) is 0 Å². The van der Waals surface area contributed by atoms with Crippen LogP contribution in [0.2, 0.25) is 0 Å². The third-order valence-corrected chi connectivity index (χ3v) is 2.54. The molecule has 0 aliphatic heterocycles. The number of nitrogens with zero attached hydrogens (tertiary/aromatic N) is 2. The number of rotatable bonds is 5. The first kappa shape index (κ1) is 16.9. The molecule has 0 unspecified atom stereocenters. The molecule has 0 bridgehead atoms. The number of nitrogens with one attached hydrogen (secondary N) is 3. The van der Waals surface area contributed by atoms with Crippen molar-refractivity contribution in [1.82, 2.24) is 26.0 Å². The molecule has 1 atom stereocenters. The van der Waals surface area contributed by atoms with Crippen molar-refractivity contribution >= 4 is 11.9 Å². The molecule has 1 heterocycles. The molecule has 2 rings (SSSR count). The molecule has 0 aliphatic carbocycles. The summed E-state index contributed by atoms with van der Waals surface area (Å²) in [5.41, 5.74) is 6.43. The first-order valence-corrected chi connectivity index (χ1v) is 5.83. The molecule has 3 amide bonds. The van der Waals surface area contributed by atoms with E-state index < -0.39 is 18.0 Å². The Bertz CT molecular complexity index is 575. The Labute approximate surface area is 136 Å². The van der Waals surface area contributed by atoms with Gasteiger partial charge in [-0.15, -0.1) is 10.9 Å². The van der Waals surface area contributed by atoms with Crippen LogP contribution in [0, 0.1) is 6.20 Å². The van der Waals surface area contributed by atoms with E-state index in [0.29, 0.717) is 11.3 Å². The summed E-state index contributed by atoms with van der Waals surface area (Å²) < 4.78 is 0. The maximum atomic E-state index is 11.7. The van der Waals surface area contributed by atoms with E-state index >= 15 is 0 Å². The standard InChI is InChI=1S/C12H13N6O2.Au/c13-11(19)10(8-4-2-1-3-5-8)16-12(20)14-6-9-7-15-18-17-9;/h1-5,10H,6H2,(H2,13,19)(H2,14,16,20)(H,15,17,18);/q-1;+1/t10-;/m1./s1. The van der Waals surface area contributed by atoms with E-state index in [1.54, 1.807) is 24.3 Å². The molecular formula is C12H13AuN6O2. The minimum Gasteiger partial charge on any atom is -0.368 e. The second-order valence-corrected chi connectivity index (χ2v) is 3.98. The summed E-state index contributed by atoms with van der Waals surface area (Å²) in [6, 6.07) is 7.33. The van der Waals surface area contributed by atoms with Gasteiger partial charge in [-0.05, 0) is 5.56 Å². The van der Waals surface area contributed by atoms with Gasteiger partial charge in [0.2, 0.25) is 5.91 Å². The van der Waals surface area contributed by atoms with E-state index in [4.69, 9.17) is 5.73 Å². The number of carbonyl (C=O) groups is 2. The number of aromatic nitrogens is 3. The number of hydrogen-bond acceptors (Lipinski definition) is 4. The zero-order chi connectivity index (χ0) is 14.4. The molecule has 21 heavy (non-hydrogen) atoms. The quantitative estimate of drug-likeness (QED) is 0.352. The topological polar surface area (TPSA) is 126 Å². The van der Waals surface area contributed by atoms with Gasteiger partial charge in [0, 0.05) is 6.54 Å². The normalized spacial score (nSPS) is 11.0. The van der Waals surface area contributed by atoms with E-state index in [1.807, 2.05) is 6.07 Å². The molecule has 8 nitrogen and oxygen atoms in total. The Morgan fingerprint density at radius 1 is 1.33 bits per heavy atom. The van der Waals surface area contributed by atoms with Crippen molar-refractivity contribution in [2.45, 2.75) is 12.6 Å². The molecule has 0 saturated heterocycles. The van der Waals surface area contributed by atoms with E-state index in [2.05, 4.69) is 32.2 Å². The summed E-state index contributed by atoms with van der Waals surface area (Å²) in [6.07, 6.45) is 2.55. The van der Waals surface area contributed by atoms with Gasteiger partial charge in [-0.25, -0.2) is 4.79 Å².